The van der Waals surface area contributed by atoms with Gasteiger partial charge in [0.05, 0.1) is 18.3 Å². The van der Waals surface area contributed by atoms with Crippen LogP contribution in [0.1, 0.15) is 47.2 Å². The Bertz CT molecular complexity index is 601. The molecule has 0 amide bonds. The van der Waals surface area contributed by atoms with Crippen molar-refractivity contribution in [2.45, 2.75) is 45.8 Å². The van der Waals surface area contributed by atoms with Gasteiger partial charge < -0.3 is 9.67 Å². The van der Waals surface area contributed by atoms with Crippen molar-refractivity contribution in [1.82, 2.24) is 9.55 Å². The zero-order valence-electron chi connectivity index (χ0n) is 11.6. The Labute approximate surface area is 113 Å². The van der Waals surface area contributed by atoms with E-state index in [4.69, 9.17) is 0 Å². The van der Waals surface area contributed by atoms with Gasteiger partial charge in [-0.25, -0.2) is 0 Å². The smallest absolute Gasteiger partial charge is 0.0807 e. The number of aromatic nitrogens is 2. The maximum atomic E-state index is 10.1. The second-order valence-corrected chi connectivity index (χ2v) is 5.45. The van der Waals surface area contributed by atoms with E-state index in [1.165, 1.54) is 17.0 Å². The maximum absolute atomic E-state index is 10.1. The summed E-state index contributed by atoms with van der Waals surface area (Å²) in [6.07, 6.45) is 4.58. The summed E-state index contributed by atoms with van der Waals surface area (Å²) in [5.74, 6) is 0. The van der Waals surface area contributed by atoms with Gasteiger partial charge in [0, 0.05) is 23.1 Å². The highest BCUT2D eigenvalue weighted by atomic mass is 16.3. The van der Waals surface area contributed by atoms with Crippen LogP contribution in [-0.2, 0) is 13.0 Å². The minimum atomic E-state index is -0.284. The molecule has 2 aromatic heterocycles. The molecule has 1 unspecified atom stereocenters. The standard InChI is InChI=1S/C16H20N2O/c1-11-5-4-8-17-14(11)10-18-12(2)9-13-15(18)6-3-7-16(13)19/h4-5,8-9,16,19H,3,6-7,10H2,1-2H3. The van der Waals surface area contributed by atoms with E-state index in [1.54, 1.807) is 0 Å². The van der Waals surface area contributed by atoms with E-state index in [1.807, 2.05) is 12.3 Å². The lowest BCUT2D eigenvalue weighted by Gasteiger charge is -2.20. The van der Waals surface area contributed by atoms with Gasteiger partial charge in [0.15, 0.2) is 0 Å². The Kier molecular flexibility index (Phi) is 3.15. The zero-order valence-corrected chi connectivity index (χ0v) is 11.6. The topological polar surface area (TPSA) is 38.0 Å². The van der Waals surface area contributed by atoms with Gasteiger partial charge in [0.2, 0.25) is 0 Å². The first-order valence-corrected chi connectivity index (χ1v) is 6.94. The molecule has 2 heterocycles. The van der Waals surface area contributed by atoms with Crippen molar-refractivity contribution in [2.75, 3.05) is 0 Å². The average molecular weight is 256 g/mol. The van der Waals surface area contributed by atoms with Crippen molar-refractivity contribution in [3.63, 3.8) is 0 Å². The van der Waals surface area contributed by atoms with Crippen LogP contribution in [0, 0.1) is 13.8 Å². The van der Waals surface area contributed by atoms with Crippen LogP contribution in [0.15, 0.2) is 24.4 Å². The fourth-order valence-corrected chi connectivity index (χ4v) is 2.99. The number of pyridine rings is 1. The van der Waals surface area contributed by atoms with Gasteiger partial charge in [-0.15, -0.1) is 0 Å². The molecular formula is C16H20N2O. The van der Waals surface area contributed by atoms with E-state index in [-0.39, 0.29) is 6.10 Å². The number of aliphatic hydroxyl groups excluding tert-OH is 1. The predicted octanol–water partition coefficient (Wildman–Crippen LogP) is 2.92. The van der Waals surface area contributed by atoms with Crippen LogP contribution in [-0.4, -0.2) is 14.7 Å². The van der Waals surface area contributed by atoms with Gasteiger partial charge in [-0.2, -0.15) is 0 Å². The molecule has 19 heavy (non-hydrogen) atoms. The summed E-state index contributed by atoms with van der Waals surface area (Å²) >= 11 is 0. The molecule has 3 heteroatoms. The third-order valence-electron chi connectivity index (χ3n) is 4.13. The van der Waals surface area contributed by atoms with Crippen molar-refractivity contribution in [3.05, 3.63) is 52.6 Å². The maximum Gasteiger partial charge on any atom is 0.0807 e. The van der Waals surface area contributed by atoms with E-state index >= 15 is 0 Å². The number of nitrogens with zero attached hydrogens (tertiary/aromatic N) is 2. The Morgan fingerprint density at radius 2 is 2.26 bits per heavy atom. The van der Waals surface area contributed by atoms with Gasteiger partial charge >= 0.3 is 0 Å². The van der Waals surface area contributed by atoms with Gasteiger partial charge in [0.25, 0.3) is 0 Å². The third kappa shape index (κ3) is 2.19. The van der Waals surface area contributed by atoms with Gasteiger partial charge in [-0.3, -0.25) is 4.98 Å². The highest BCUT2D eigenvalue weighted by Crippen LogP contribution is 2.32. The van der Waals surface area contributed by atoms with E-state index in [0.717, 1.165) is 37.1 Å². The molecule has 3 rings (SSSR count). The Hall–Kier alpha value is -1.61. The summed E-state index contributed by atoms with van der Waals surface area (Å²) in [7, 11) is 0. The van der Waals surface area contributed by atoms with Crippen LogP contribution < -0.4 is 0 Å². The molecule has 0 aliphatic heterocycles. The fourth-order valence-electron chi connectivity index (χ4n) is 2.99. The first kappa shape index (κ1) is 12.4. The largest absolute Gasteiger partial charge is 0.388 e. The van der Waals surface area contributed by atoms with Crippen LogP contribution in [0.4, 0.5) is 0 Å². The summed E-state index contributed by atoms with van der Waals surface area (Å²) in [5, 5.41) is 10.1. The summed E-state index contributed by atoms with van der Waals surface area (Å²) in [6, 6.07) is 6.21. The predicted molar refractivity (Wildman–Crippen MR) is 75.1 cm³/mol. The molecule has 0 saturated heterocycles. The molecule has 3 nitrogen and oxygen atoms in total. The highest BCUT2D eigenvalue weighted by molar-refractivity contribution is 5.33. The monoisotopic (exact) mass is 256 g/mol. The van der Waals surface area contributed by atoms with Crippen LogP contribution in [0.25, 0.3) is 0 Å². The van der Waals surface area contributed by atoms with Crippen molar-refractivity contribution >= 4 is 0 Å². The van der Waals surface area contributed by atoms with Crippen LogP contribution in [0.3, 0.4) is 0 Å². The fraction of sp³-hybridized carbons (Fsp3) is 0.438. The number of aliphatic hydroxyl groups is 1. The second-order valence-electron chi connectivity index (χ2n) is 5.45. The van der Waals surface area contributed by atoms with Crippen molar-refractivity contribution in [2.24, 2.45) is 0 Å². The van der Waals surface area contributed by atoms with Crippen LogP contribution in [0.5, 0.6) is 0 Å². The van der Waals surface area contributed by atoms with Gasteiger partial charge in [-0.05, 0) is 50.8 Å². The Morgan fingerprint density at radius 3 is 3.05 bits per heavy atom. The molecule has 0 spiro atoms. The van der Waals surface area contributed by atoms with E-state index in [9.17, 15) is 5.11 Å². The number of hydrogen-bond acceptors (Lipinski definition) is 2. The lowest BCUT2D eigenvalue weighted by Crippen LogP contribution is -2.14. The van der Waals surface area contributed by atoms with E-state index < -0.39 is 0 Å². The lowest BCUT2D eigenvalue weighted by molar-refractivity contribution is 0.155. The number of aryl methyl sites for hydroxylation is 2. The number of fused-ring (bicyclic) bond motifs is 1. The first-order chi connectivity index (χ1) is 9.16. The molecule has 2 aromatic rings. The molecule has 0 saturated carbocycles. The number of hydrogen-bond donors (Lipinski definition) is 1. The van der Waals surface area contributed by atoms with E-state index in [0.29, 0.717) is 0 Å². The summed E-state index contributed by atoms with van der Waals surface area (Å²) in [4.78, 5) is 4.48. The third-order valence-corrected chi connectivity index (χ3v) is 4.13. The molecule has 0 bridgehead atoms. The second kappa shape index (κ2) is 4.82. The molecule has 1 atom stereocenters. The molecule has 0 radical (unpaired) electrons. The number of rotatable bonds is 2. The Balaban J connectivity index is 2.00. The van der Waals surface area contributed by atoms with Crippen molar-refractivity contribution in [1.29, 1.82) is 0 Å². The highest BCUT2D eigenvalue weighted by Gasteiger charge is 2.23. The summed E-state index contributed by atoms with van der Waals surface area (Å²) in [5.41, 5.74) is 5.97. The summed E-state index contributed by atoms with van der Waals surface area (Å²) in [6.45, 7) is 5.02. The van der Waals surface area contributed by atoms with Crippen LogP contribution >= 0.6 is 0 Å². The van der Waals surface area contributed by atoms with Gasteiger partial charge in [0.1, 0.15) is 0 Å². The molecular weight excluding hydrogens is 236 g/mol. The average Bonchev–Trinajstić information content (AvgIpc) is 2.71. The normalized spacial score (nSPS) is 18.4. The van der Waals surface area contributed by atoms with Crippen LogP contribution in [0.2, 0.25) is 0 Å². The molecule has 0 fully saturated rings. The quantitative estimate of drug-likeness (QED) is 0.897. The summed E-state index contributed by atoms with van der Waals surface area (Å²) < 4.78 is 2.31. The molecule has 100 valence electrons. The molecule has 1 N–H and O–H groups in total. The minimum absolute atomic E-state index is 0.284. The van der Waals surface area contributed by atoms with Crippen molar-refractivity contribution < 1.29 is 5.11 Å². The lowest BCUT2D eigenvalue weighted by atomic mass is 9.95. The molecule has 0 aromatic carbocycles. The Morgan fingerprint density at radius 1 is 1.42 bits per heavy atom. The van der Waals surface area contributed by atoms with Gasteiger partial charge in [-0.1, -0.05) is 6.07 Å². The SMILES string of the molecule is Cc1cccnc1Cn1c(C)cc2c1CCCC2O. The zero-order chi connectivity index (χ0) is 13.4. The molecule has 1 aliphatic carbocycles. The first-order valence-electron chi connectivity index (χ1n) is 6.94. The van der Waals surface area contributed by atoms with E-state index in [2.05, 4.69) is 35.5 Å². The van der Waals surface area contributed by atoms with Crippen molar-refractivity contribution in [3.8, 4) is 0 Å². The minimum Gasteiger partial charge on any atom is -0.388 e. The molecule has 1 aliphatic rings.